The average Bonchev–Trinajstić information content (AvgIpc) is 2.33. The molecule has 0 atom stereocenters. The van der Waals surface area contributed by atoms with E-state index in [-0.39, 0.29) is 6.10 Å². The van der Waals surface area contributed by atoms with E-state index in [0.29, 0.717) is 6.04 Å². The van der Waals surface area contributed by atoms with Gasteiger partial charge in [-0.05, 0) is 24.5 Å². The van der Waals surface area contributed by atoms with Crippen molar-refractivity contribution in [3.8, 4) is 0 Å². The molecule has 0 bridgehead atoms. The summed E-state index contributed by atoms with van der Waals surface area (Å²) in [5.74, 6) is 0. The van der Waals surface area contributed by atoms with Gasteiger partial charge in [0.1, 0.15) is 0 Å². The quantitative estimate of drug-likeness (QED) is 0.842. The van der Waals surface area contributed by atoms with Gasteiger partial charge in [-0.2, -0.15) is 0 Å². The summed E-state index contributed by atoms with van der Waals surface area (Å²) in [6.07, 6.45) is 3.48. The summed E-state index contributed by atoms with van der Waals surface area (Å²) in [4.78, 5) is 4.43. The molecule has 0 amide bonds. The van der Waals surface area contributed by atoms with Crippen molar-refractivity contribution in [2.45, 2.75) is 31.5 Å². The molecule has 1 heterocycles. The minimum absolute atomic E-state index is 0.0989. The van der Waals surface area contributed by atoms with Crippen LogP contribution in [0, 0.1) is 0 Å². The van der Waals surface area contributed by atoms with Crippen LogP contribution in [0.1, 0.15) is 18.4 Å². The third-order valence-electron chi connectivity index (χ3n) is 3.41. The third kappa shape index (κ3) is 2.16. The van der Waals surface area contributed by atoms with E-state index in [4.69, 9.17) is 0 Å². The van der Waals surface area contributed by atoms with Gasteiger partial charge in [-0.3, -0.25) is 4.98 Å². The van der Waals surface area contributed by atoms with Crippen LogP contribution in [0.3, 0.4) is 0 Å². The summed E-state index contributed by atoms with van der Waals surface area (Å²) < 4.78 is 0. The highest BCUT2D eigenvalue weighted by Gasteiger charge is 2.26. The Balaban J connectivity index is 1.76. The Morgan fingerprint density at radius 3 is 2.88 bits per heavy atom. The number of fused-ring (bicyclic) bond motifs is 1. The van der Waals surface area contributed by atoms with E-state index in [0.717, 1.165) is 24.9 Å². The lowest BCUT2D eigenvalue weighted by Crippen LogP contribution is -2.43. The Morgan fingerprint density at radius 1 is 1.24 bits per heavy atom. The summed E-state index contributed by atoms with van der Waals surface area (Å²) >= 11 is 0. The molecule has 2 aromatic rings. The molecule has 1 saturated carbocycles. The van der Waals surface area contributed by atoms with Crippen molar-refractivity contribution < 1.29 is 5.11 Å². The molecular weight excluding hydrogens is 212 g/mol. The van der Waals surface area contributed by atoms with Gasteiger partial charge in [0.05, 0.1) is 11.6 Å². The second-order valence-electron chi connectivity index (χ2n) is 4.70. The third-order valence-corrected chi connectivity index (χ3v) is 3.41. The Kier molecular flexibility index (Phi) is 2.79. The lowest BCUT2D eigenvalue weighted by atomic mass is 9.89. The summed E-state index contributed by atoms with van der Waals surface area (Å²) in [5, 5.41) is 13.9. The van der Waals surface area contributed by atoms with Crippen molar-refractivity contribution in [2.24, 2.45) is 0 Å². The van der Waals surface area contributed by atoms with Crippen LogP contribution in [-0.2, 0) is 6.54 Å². The molecule has 88 valence electrons. The fourth-order valence-corrected chi connectivity index (χ4v) is 2.32. The van der Waals surface area contributed by atoms with Crippen LogP contribution in [0.2, 0.25) is 0 Å². The predicted octanol–water partition coefficient (Wildman–Crippen LogP) is 1.85. The van der Waals surface area contributed by atoms with Crippen LogP contribution in [0.25, 0.3) is 10.9 Å². The first-order valence-corrected chi connectivity index (χ1v) is 6.07. The lowest BCUT2D eigenvalue weighted by Gasteiger charge is -2.32. The number of pyridine rings is 1. The molecule has 2 N–H and O–H groups in total. The number of hydrogen-bond donors (Lipinski definition) is 2. The van der Waals surface area contributed by atoms with Crippen LogP contribution < -0.4 is 5.32 Å². The Hall–Kier alpha value is -1.45. The average molecular weight is 228 g/mol. The number of rotatable bonds is 3. The maximum absolute atomic E-state index is 9.23. The van der Waals surface area contributed by atoms with Crippen molar-refractivity contribution in [2.75, 3.05) is 0 Å². The zero-order valence-electron chi connectivity index (χ0n) is 9.63. The smallest absolute Gasteiger partial charge is 0.0746 e. The standard InChI is InChI=1S/C14H16N2O/c17-13-7-12(8-13)16-9-11-4-1-3-10-5-2-6-15-14(10)11/h1-6,12-13,16-17H,7-9H2. The summed E-state index contributed by atoms with van der Waals surface area (Å²) in [6, 6.07) is 10.8. The van der Waals surface area contributed by atoms with Crippen molar-refractivity contribution >= 4 is 10.9 Å². The second kappa shape index (κ2) is 4.43. The number of hydrogen-bond acceptors (Lipinski definition) is 3. The fourth-order valence-electron chi connectivity index (χ4n) is 2.32. The van der Waals surface area contributed by atoms with Crippen molar-refractivity contribution in [3.05, 3.63) is 42.1 Å². The van der Waals surface area contributed by atoms with Gasteiger partial charge in [-0.25, -0.2) is 0 Å². The maximum Gasteiger partial charge on any atom is 0.0746 e. The van der Waals surface area contributed by atoms with Gasteiger partial charge in [-0.15, -0.1) is 0 Å². The van der Waals surface area contributed by atoms with E-state index in [1.165, 1.54) is 10.9 Å². The first kappa shape index (κ1) is 10.7. The SMILES string of the molecule is OC1CC(NCc2cccc3cccnc23)C1. The van der Waals surface area contributed by atoms with E-state index >= 15 is 0 Å². The molecule has 3 heteroatoms. The van der Waals surface area contributed by atoms with Crippen molar-refractivity contribution in [1.29, 1.82) is 0 Å². The van der Waals surface area contributed by atoms with Crippen molar-refractivity contribution in [1.82, 2.24) is 10.3 Å². The van der Waals surface area contributed by atoms with Crippen LogP contribution in [0.15, 0.2) is 36.5 Å². The summed E-state index contributed by atoms with van der Waals surface area (Å²) in [6.45, 7) is 0.825. The normalized spacial score (nSPS) is 23.6. The van der Waals surface area contributed by atoms with Gasteiger partial charge in [0.15, 0.2) is 0 Å². The van der Waals surface area contributed by atoms with Gasteiger partial charge in [0.25, 0.3) is 0 Å². The second-order valence-corrected chi connectivity index (χ2v) is 4.70. The van der Waals surface area contributed by atoms with E-state index in [1.54, 1.807) is 0 Å². The molecule has 17 heavy (non-hydrogen) atoms. The molecule has 3 rings (SSSR count). The minimum atomic E-state index is -0.0989. The largest absolute Gasteiger partial charge is 0.393 e. The highest BCUT2D eigenvalue weighted by atomic mass is 16.3. The molecule has 0 radical (unpaired) electrons. The Bertz CT molecular complexity index is 515. The Morgan fingerprint density at radius 2 is 2.06 bits per heavy atom. The number of nitrogens with zero attached hydrogens (tertiary/aromatic N) is 1. The maximum atomic E-state index is 9.23. The molecule has 0 spiro atoms. The van der Waals surface area contributed by atoms with Gasteiger partial charge in [-0.1, -0.05) is 24.3 Å². The molecule has 1 aromatic heterocycles. The van der Waals surface area contributed by atoms with Crippen LogP contribution in [0.5, 0.6) is 0 Å². The summed E-state index contributed by atoms with van der Waals surface area (Å²) in [5.41, 5.74) is 2.30. The van der Waals surface area contributed by atoms with Crippen LogP contribution >= 0.6 is 0 Å². The van der Waals surface area contributed by atoms with Crippen LogP contribution in [0.4, 0.5) is 0 Å². The molecule has 1 fully saturated rings. The van der Waals surface area contributed by atoms with Gasteiger partial charge < -0.3 is 10.4 Å². The zero-order chi connectivity index (χ0) is 11.7. The van der Waals surface area contributed by atoms with E-state index in [1.807, 2.05) is 12.3 Å². The number of aliphatic hydroxyl groups excluding tert-OH is 1. The van der Waals surface area contributed by atoms with E-state index in [9.17, 15) is 5.11 Å². The molecule has 1 aromatic carbocycles. The van der Waals surface area contributed by atoms with E-state index in [2.05, 4.69) is 34.6 Å². The van der Waals surface area contributed by atoms with Gasteiger partial charge >= 0.3 is 0 Å². The van der Waals surface area contributed by atoms with Crippen molar-refractivity contribution in [3.63, 3.8) is 0 Å². The number of aliphatic hydroxyl groups is 1. The highest BCUT2D eigenvalue weighted by Crippen LogP contribution is 2.21. The van der Waals surface area contributed by atoms with Gasteiger partial charge in [0, 0.05) is 24.2 Å². The highest BCUT2D eigenvalue weighted by molar-refractivity contribution is 5.81. The minimum Gasteiger partial charge on any atom is -0.393 e. The number of para-hydroxylation sites is 1. The Labute approximate surface area is 100 Å². The first-order chi connectivity index (χ1) is 8.33. The molecule has 1 aliphatic carbocycles. The van der Waals surface area contributed by atoms with E-state index < -0.39 is 0 Å². The number of aromatic nitrogens is 1. The fraction of sp³-hybridized carbons (Fsp3) is 0.357. The molecule has 0 saturated heterocycles. The number of benzene rings is 1. The topological polar surface area (TPSA) is 45.1 Å². The molecule has 3 nitrogen and oxygen atoms in total. The zero-order valence-corrected chi connectivity index (χ0v) is 9.63. The summed E-state index contributed by atoms with van der Waals surface area (Å²) in [7, 11) is 0. The van der Waals surface area contributed by atoms with Gasteiger partial charge in [0.2, 0.25) is 0 Å². The monoisotopic (exact) mass is 228 g/mol. The number of nitrogens with one attached hydrogen (secondary N) is 1. The molecule has 0 unspecified atom stereocenters. The molecule has 0 aliphatic heterocycles. The molecule has 1 aliphatic rings. The predicted molar refractivity (Wildman–Crippen MR) is 67.6 cm³/mol. The molecular formula is C14H16N2O. The lowest BCUT2D eigenvalue weighted by molar-refractivity contribution is 0.0620. The first-order valence-electron chi connectivity index (χ1n) is 6.07. The van der Waals surface area contributed by atoms with Crippen LogP contribution in [-0.4, -0.2) is 22.2 Å².